The predicted molar refractivity (Wildman–Crippen MR) is 104 cm³/mol. The van der Waals surface area contributed by atoms with E-state index in [0.717, 1.165) is 5.69 Å². The van der Waals surface area contributed by atoms with Crippen LogP contribution in [0.3, 0.4) is 0 Å². The highest BCUT2D eigenvalue weighted by atomic mass is 35.5. The predicted octanol–water partition coefficient (Wildman–Crippen LogP) is 3.00. The minimum absolute atomic E-state index is 0.160. The van der Waals surface area contributed by atoms with Crippen molar-refractivity contribution in [3.8, 4) is 11.4 Å². The van der Waals surface area contributed by atoms with Gasteiger partial charge in [-0.25, -0.2) is 4.68 Å². The second kappa shape index (κ2) is 8.51. The van der Waals surface area contributed by atoms with Crippen LogP contribution < -0.4 is 15.5 Å². The number of hydrogen-bond acceptors (Lipinski definition) is 4. The smallest absolute Gasteiger partial charge is 0.275 e. The largest absolute Gasteiger partial charge is 0.492 e. The van der Waals surface area contributed by atoms with Gasteiger partial charge in [-0.15, -0.1) is 0 Å². The molecule has 1 amide bonds. The summed E-state index contributed by atoms with van der Waals surface area (Å²) in [5, 5.41) is 7.45. The molecule has 2 aromatic carbocycles. The molecule has 0 spiro atoms. The van der Waals surface area contributed by atoms with E-state index in [4.69, 9.17) is 16.3 Å². The molecule has 6 nitrogen and oxygen atoms in total. The van der Waals surface area contributed by atoms with Crippen molar-refractivity contribution < 1.29 is 9.53 Å². The summed E-state index contributed by atoms with van der Waals surface area (Å²) in [5.74, 6) is 0.0658. The third kappa shape index (κ3) is 4.74. The standard InChI is InChI=1S/C20H18ClN3O3/c1-14-12-18(25)19(23-24(14)16-7-3-2-4-8-16)20(26)22-10-11-27-17-9-5-6-15(21)13-17/h2-9,12-13H,10-11H2,1H3,(H,22,26). The number of amides is 1. The fourth-order valence-electron chi connectivity index (χ4n) is 2.51. The van der Waals surface area contributed by atoms with Gasteiger partial charge in [-0.3, -0.25) is 9.59 Å². The van der Waals surface area contributed by atoms with Gasteiger partial charge in [0.15, 0.2) is 5.69 Å². The fourth-order valence-corrected chi connectivity index (χ4v) is 2.69. The number of rotatable bonds is 6. The van der Waals surface area contributed by atoms with E-state index in [1.165, 1.54) is 6.07 Å². The van der Waals surface area contributed by atoms with Crippen LogP contribution in [0.15, 0.2) is 65.5 Å². The maximum atomic E-state index is 12.4. The summed E-state index contributed by atoms with van der Waals surface area (Å²) in [6, 6.07) is 17.7. The number of halogens is 1. The molecule has 0 unspecified atom stereocenters. The highest BCUT2D eigenvalue weighted by Crippen LogP contribution is 2.16. The maximum absolute atomic E-state index is 12.4. The molecule has 3 aromatic rings. The summed E-state index contributed by atoms with van der Waals surface area (Å²) in [6.45, 7) is 2.23. The zero-order valence-corrected chi connectivity index (χ0v) is 15.4. The van der Waals surface area contributed by atoms with Crippen molar-refractivity contribution >= 4 is 17.5 Å². The molecule has 138 valence electrons. The van der Waals surface area contributed by atoms with Crippen LogP contribution in [0.5, 0.6) is 5.75 Å². The van der Waals surface area contributed by atoms with Gasteiger partial charge in [-0.1, -0.05) is 35.9 Å². The van der Waals surface area contributed by atoms with E-state index in [1.807, 2.05) is 30.3 Å². The van der Waals surface area contributed by atoms with Gasteiger partial charge in [0, 0.05) is 16.8 Å². The van der Waals surface area contributed by atoms with Crippen LogP contribution in [-0.4, -0.2) is 28.8 Å². The molecule has 1 heterocycles. The van der Waals surface area contributed by atoms with Crippen LogP contribution in [-0.2, 0) is 0 Å². The molecular weight excluding hydrogens is 366 g/mol. The maximum Gasteiger partial charge on any atom is 0.275 e. The number of benzene rings is 2. The number of nitrogens with zero attached hydrogens (tertiary/aromatic N) is 2. The second-order valence-corrected chi connectivity index (χ2v) is 6.24. The van der Waals surface area contributed by atoms with Gasteiger partial charge in [-0.05, 0) is 37.3 Å². The van der Waals surface area contributed by atoms with E-state index >= 15 is 0 Å². The molecule has 0 saturated carbocycles. The Balaban J connectivity index is 1.67. The Labute approximate surface area is 161 Å². The molecule has 0 radical (unpaired) electrons. The van der Waals surface area contributed by atoms with Gasteiger partial charge < -0.3 is 10.1 Å². The van der Waals surface area contributed by atoms with Crippen molar-refractivity contribution in [3.63, 3.8) is 0 Å². The van der Waals surface area contributed by atoms with Gasteiger partial charge in [0.1, 0.15) is 12.4 Å². The lowest BCUT2D eigenvalue weighted by molar-refractivity contribution is 0.0939. The van der Waals surface area contributed by atoms with Crippen LogP contribution in [0.4, 0.5) is 0 Å². The van der Waals surface area contributed by atoms with E-state index < -0.39 is 11.3 Å². The highest BCUT2D eigenvalue weighted by molar-refractivity contribution is 6.30. The van der Waals surface area contributed by atoms with E-state index in [1.54, 1.807) is 35.9 Å². The zero-order chi connectivity index (χ0) is 19.2. The fraction of sp³-hybridized carbons (Fsp3) is 0.150. The number of para-hydroxylation sites is 1. The summed E-state index contributed by atoms with van der Waals surface area (Å²) >= 11 is 5.89. The quantitative estimate of drug-likeness (QED) is 0.664. The Morgan fingerprint density at radius 1 is 1.15 bits per heavy atom. The summed E-state index contributed by atoms with van der Waals surface area (Å²) in [6.07, 6.45) is 0. The second-order valence-electron chi connectivity index (χ2n) is 5.81. The van der Waals surface area contributed by atoms with Crippen LogP contribution in [0.2, 0.25) is 5.02 Å². The highest BCUT2D eigenvalue weighted by Gasteiger charge is 2.14. The number of ether oxygens (including phenoxy) is 1. The first kappa shape index (κ1) is 18.7. The molecule has 3 rings (SSSR count). The van der Waals surface area contributed by atoms with Crippen molar-refractivity contribution in [1.82, 2.24) is 15.1 Å². The molecule has 0 aliphatic rings. The molecule has 1 aromatic heterocycles. The Bertz CT molecular complexity index is 1000. The number of aromatic nitrogens is 2. The van der Waals surface area contributed by atoms with Gasteiger partial charge in [0.2, 0.25) is 5.43 Å². The molecule has 0 saturated heterocycles. The monoisotopic (exact) mass is 383 g/mol. The Kier molecular flexibility index (Phi) is 5.88. The molecule has 0 atom stereocenters. The number of carbonyl (C=O) groups excluding carboxylic acids is 1. The van der Waals surface area contributed by atoms with Crippen molar-refractivity contribution in [2.45, 2.75) is 6.92 Å². The van der Waals surface area contributed by atoms with E-state index in [0.29, 0.717) is 16.5 Å². The average Bonchev–Trinajstić information content (AvgIpc) is 2.66. The van der Waals surface area contributed by atoms with Gasteiger partial charge in [-0.2, -0.15) is 5.10 Å². The third-order valence-electron chi connectivity index (χ3n) is 3.78. The van der Waals surface area contributed by atoms with Crippen LogP contribution in [0.1, 0.15) is 16.2 Å². The average molecular weight is 384 g/mol. The minimum Gasteiger partial charge on any atom is -0.492 e. The van der Waals surface area contributed by atoms with Gasteiger partial charge >= 0.3 is 0 Å². The molecule has 1 N–H and O–H groups in total. The third-order valence-corrected chi connectivity index (χ3v) is 4.01. The lowest BCUT2D eigenvalue weighted by Gasteiger charge is -2.11. The summed E-state index contributed by atoms with van der Waals surface area (Å²) in [5.41, 5.74) is 0.834. The Morgan fingerprint density at radius 2 is 1.93 bits per heavy atom. The van der Waals surface area contributed by atoms with Crippen molar-refractivity contribution in [1.29, 1.82) is 0 Å². The number of hydrogen-bond donors (Lipinski definition) is 1. The molecular formula is C20H18ClN3O3. The molecule has 0 aliphatic carbocycles. The molecule has 27 heavy (non-hydrogen) atoms. The molecule has 0 aliphatic heterocycles. The van der Waals surface area contributed by atoms with Gasteiger partial charge in [0.05, 0.1) is 12.2 Å². The van der Waals surface area contributed by atoms with E-state index in [2.05, 4.69) is 10.4 Å². The first-order valence-electron chi connectivity index (χ1n) is 8.37. The SMILES string of the molecule is Cc1cc(=O)c(C(=O)NCCOc2cccc(Cl)c2)nn1-c1ccccc1. The zero-order valence-electron chi connectivity index (χ0n) is 14.7. The molecule has 0 fully saturated rings. The Morgan fingerprint density at radius 3 is 2.67 bits per heavy atom. The molecule has 7 heteroatoms. The Hall–Kier alpha value is -3.12. The summed E-state index contributed by atoms with van der Waals surface area (Å²) in [4.78, 5) is 24.5. The van der Waals surface area contributed by atoms with Crippen LogP contribution in [0, 0.1) is 6.92 Å². The first-order valence-corrected chi connectivity index (χ1v) is 8.75. The number of nitrogens with one attached hydrogen (secondary N) is 1. The summed E-state index contributed by atoms with van der Waals surface area (Å²) < 4.78 is 7.08. The van der Waals surface area contributed by atoms with Crippen molar-refractivity contribution in [2.24, 2.45) is 0 Å². The summed E-state index contributed by atoms with van der Waals surface area (Å²) in [7, 11) is 0. The topological polar surface area (TPSA) is 73.2 Å². The lowest BCUT2D eigenvalue weighted by atomic mass is 10.2. The minimum atomic E-state index is -0.542. The van der Waals surface area contributed by atoms with Gasteiger partial charge in [0.25, 0.3) is 5.91 Å². The number of aryl methyl sites for hydroxylation is 1. The van der Waals surface area contributed by atoms with Crippen LogP contribution in [0.25, 0.3) is 5.69 Å². The number of carbonyl (C=O) groups is 1. The van der Waals surface area contributed by atoms with Crippen molar-refractivity contribution in [3.05, 3.63) is 87.3 Å². The lowest BCUT2D eigenvalue weighted by Crippen LogP contribution is -2.34. The van der Waals surface area contributed by atoms with Crippen molar-refractivity contribution in [2.75, 3.05) is 13.2 Å². The normalized spacial score (nSPS) is 10.4. The van der Waals surface area contributed by atoms with E-state index in [9.17, 15) is 9.59 Å². The van der Waals surface area contributed by atoms with E-state index in [-0.39, 0.29) is 18.8 Å². The van der Waals surface area contributed by atoms with Crippen LogP contribution >= 0.6 is 11.6 Å². The first-order chi connectivity index (χ1) is 13.0. The molecule has 0 bridgehead atoms.